The van der Waals surface area contributed by atoms with Crippen molar-refractivity contribution >= 4 is 5.91 Å². The van der Waals surface area contributed by atoms with Gasteiger partial charge in [0.1, 0.15) is 5.76 Å². The van der Waals surface area contributed by atoms with E-state index in [4.69, 9.17) is 4.52 Å². The zero-order valence-corrected chi connectivity index (χ0v) is 15.6. The van der Waals surface area contributed by atoms with E-state index in [1.54, 1.807) is 13.8 Å². The first kappa shape index (κ1) is 19.2. The standard InChI is InChI=1S/C20H28N2O3/c1-14-18(15(2)25-22-14)9-6-12-21-19(23)17-8-5-7-16(13-17)10-11-20(3,4)24/h5,7-8,13,24H,6,9-12H2,1-4H3,(H,21,23). The van der Waals surface area contributed by atoms with Crippen molar-refractivity contribution in [3.8, 4) is 0 Å². The number of aliphatic hydroxyl groups is 1. The van der Waals surface area contributed by atoms with E-state index in [1.807, 2.05) is 38.1 Å². The SMILES string of the molecule is Cc1noc(C)c1CCCNC(=O)c1cccc(CCC(C)(C)O)c1. The first-order valence-corrected chi connectivity index (χ1v) is 8.77. The molecule has 1 aromatic carbocycles. The first-order chi connectivity index (χ1) is 11.8. The normalized spacial score (nSPS) is 11.6. The summed E-state index contributed by atoms with van der Waals surface area (Å²) in [7, 11) is 0. The third-order valence-electron chi connectivity index (χ3n) is 4.28. The van der Waals surface area contributed by atoms with Gasteiger partial charge in [0.05, 0.1) is 11.3 Å². The number of rotatable bonds is 8. The summed E-state index contributed by atoms with van der Waals surface area (Å²) in [5, 5.41) is 16.7. The summed E-state index contributed by atoms with van der Waals surface area (Å²) in [4.78, 5) is 12.3. The average molecular weight is 344 g/mol. The highest BCUT2D eigenvalue weighted by Crippen LogP contribution is 2.15. The average Bonchev–Trinajstić information content (AvgIpc) is 2.88. The van der Waals surface area contributed by atoms with E-state index in [1.165, 1.54) is 0 Å². The summed E-state index contributed by atoms with van der Waals surface area (Å²) < 4.78 is 5.15. The van der Waals surface area contributed by atoms with Crippen LogP contribution in [0.5, 0.6) is 0 Å². The van der Waals surface area contributed by atoms with Crippen LogP contribution in [0, 0.1) is 13.8 Å². The Bertz CT molecular complexity index is 694. The lowest BCUT2D eigenvalue weighted by molar-refractivity contribution is 0.0714. The molecule has 0 aliphatic rings. The predicted molar refractivity (Wildman–Crippen MR) is 97.7 cm³/mol. The fraction of sp³-hybridized carbons (Fsp3) is 0.500. The molecule has 5 nitrogen and oxygen atoms in total. The second-order valence-electron chi connectivity index (χ2n) is 7.17. The van der Waals surface area contributed by atoms with E-state index in [-0.39, 0.29) is 5.91 Å². The third kappa shape index (κ3) is 6.02. The van der Waals surface area contributed by atoms with Crippen LogP contribution in [0.15, 0.2) is 28.8 Å². The van der Waals surface area contributed by atoms with Gasteiger partial charge in [0.15, 0.2) is 0 Å². The summed E-state index contributed by atoms with van der Waals surface area (Å²) in [6, 6.07) is 7.59. The van der Waals surface area contributed by atoms with Crippen molar-refractivity contribution in [2.24, 2.45) is 0 Å². The van der Waals surface area contributed by atoms with Gasteiger partial charge in [0.25, 0.3) is 5.91 Å². The summed E-state index contributed by atoms with van der Waals surface area (Å²) in [6.07, 6.45) is 3.09. The molecule has 0 aliphatic carbocycles. The maximum Gasteiger partial charge on any atom is 0.251 e. The van der Waals surface area contributed by atoms with Crippen LogP contribution in [-0.2, 0) is 12.8 Å². The minimum absolute atomic E-state index is 0.0659. The van der Waals surface area contributed by atoms with Crippen molar-refractivity contribution < 1.29 is 14.4 Å². The Balaban J connectivity index is 1.82. The zero-order valence-electron chi connectivity index (χ0n) is 15.6. The molecule has 0 saturated heterocycles. The number of aromatic nitrogens is 1. The van der Waals surface area contributed by atoms with E-state index < -0.39 is 5.60 Å². The van der Waals surface area contributed by atoms with Crippen LogP contribution in [0.25, 0.3) is 0 Å². The summed E-state index contributed by atoms with van der Waals surface area (Å²) >= 11 is 0. The predicted octanol–water partition coefficient (Wildman–Crippen LogP) is 3.36. The van der Waals surface area contributed by atoms with Crippen LogP contribution in [0.1, 0.15) is 59.6 Å². The van der Waals surface area contributed by atoms with Gasteiger partial charge >= 0.3 is 0 Å². The molecule has 25 heavy (non-hydrogen) atoms. The second kappa shape index (κ2) is 8.30. The van der Waals surface area contributed by atoms with Crippen LogP contribution < -0.4 is 5.32 Å². The van der Waals surface area contributed by atoms with Crippen LogP contribution in [0.2, 0.25) is 0 Å². The Kier molecular flexibility index (Phi) is 6.37. The van der Waals surface area contributed by atoms with Gasteiger partial charge in [0, 0.05) is 17.7 Å². The van der Waals surface area contributed by atoms with Crippen molar-refractivity contribution in [1.82, 2.24) is 10.5 Å². The molecular weight excluding hydrogens is 316 g/mol. The number of hydrogen-bond acceptors (Lipinski definition) is 4. The highest BCUT2D eigenvalue weighted by Gasteiger charge is 2.13. The van der Waals surface area contributed by atoms with Crippen LogP contribution in [0.3, 0.4) is 0 Å². The molecule has 1 heterocycles. The monoisotopic (exact) mass is 344 g/mol. The third-order valence-corrected chi connectivity index (χ3v) is 4.28. The molecule has 1 aromatic heterocycles. The van der Waals surface area contributed by atoms with Gasteiger partial charge in [0.2, 0.25) is 0 Å². The number of aryl methyl sites for hydroxylation is 3. The van der Waals surface area contributed by atoms with Crippen LogP contribution in [-0.4, -0.2) is 28.3 Å². The number of carbonyl (C=O) groups excluding carboxylic acids is 1. The lowest BCUT2D eigenvalue weighted by atomic mass is 9.98. The number of benzene rings is 1. The maximum absolute atomic E-state index is 12.3. The quantitative estimate of drug-likeness (QED) is 0.720. The van der Waals surface area contributed by atoms with Crippen molar-refractivity contribution in [2.75, 3.05) is 6.54 Å². The molecule has 0 radical (unpaired) electrons. The van der Waals surface area contributed by atoms with Gasteiger partial charge < -0.3 is 14.9 Å². The molecule has 5 heteroatoms. The Morgan fingerprint density at radius 1 is 1.28 bits per heavy atom. The van der Waals surface area contributed by atoms with Crippen molar-refractivity contribution in [1.29, 1.82) is 0 Å². The molecule has 2 rings (SSSR count). The maximum atomic E-state index is 12.3. The highest BCUT2D eigenvalue weighted by atomic mass is 16.5. The second-order valence-corrected chi connectivity index (χ2v) is 7.17. The van der Waals surface area contributed by atoms with Crippen LogP contribution in [0.4, 0.5) is 0 Å². The van der Waals surface area contributed by atoms with E-state index >= 15 is 0 Å². The molecule has 0 atom stereocenters. The number of amides is 1. The first-order valence-electron chi connectivity index (χ1n) is 8.77. The van der Waals surface area contributed by atoms with Gasteiger partial charge in [-0.25, -0.2) is 0 Å². The molecule has 0 unspecified atom stereocenters. The van der Waals surface area contributed by atoms with Crippen molar-refractivity contribution in [3.05, 3.63) is 52.4 Å². The summed E-state index contributed by atoms with van der Waals surface area (Å²) in [6.45, 7) is 8.04. The molecule has 2 aromatic rings. The molecular formula is C20H28N2O3. The number of carbonyl (C=O) groups is 1. The Morgan fingerprint density at radius 3 is 2.68 bits per heavy atom. The molecule has 1 amide bonds. The van der Waals surface area contributed by atoms with Gasteiger partial charge in [-0.2, -0.15) is 0 Å². The van der Waals surface area contributed by atoms with Gasteiger partial charge in [-0.05, 0) is 71.1 Å². The molecule has 0 spiro atoms. The lowest BCUT2D eigenvalue weighted by Crippen LogP contribution is -2.25. The van der Waals surface area contributed by atoms with Crippen molar-refractivity contribution in [2.45, 2.75) is 59.0 Å². The van der Waals surface area contributed by atoms with E-state index in [0.717, 1.165) is 41.8 Å². The van der Waals surface area contributed by atoms with Gasteiger partial charge in [-0.3, -0.25) is 4.79 Å². The summed E-state index contributed by atoms with van der Waals surface area (Å²) in [5.41, 5.74) is 3.07. The number of nitrogens with zero attached hydrogens (tertiary/aromatic N) is 1. The number of hydrogen-bond donors (Lipinski definition) is 2. The molecule has 0 aliphatic heterocycles. The molecule has 0 bridgehead atoms. The molecule has 0 fully saturated rings. The fourth-order valence-corrected chi connectivity index (χ4v) is 2.75. The highest BCUT2D eigenvalue weighted by molar-refractivity contribution is 5.94. The smallest absolute Gasteiger partial charge is 0.251 e. The van der Waals surface area contributed by atoms with Crippen LogP contribution >= 0.6 is 0 Å². The molecule has 2 N–H and O–H groups in total. The fourth-order valence-electron chi connectivity index (χ4n) is 2.75. The lowest BCUT2D eigenvalue weighted by Gasteiger charge is -2.16. The van der Waals surface area contributed by atoms with Crippen molar-refractivity contribution in [3.63, 3.8) is 0 Å². The zero-order chi connectivity index (χ0) is 18.4. The van der Waals surface area contributed by atoms with E-state index in [0.29, 0.717) is 18.5 Å². The topological polar surface area (TPSA) is 75.4 Å². The Hall–Kier alpha value is -2.14. The Labute approximate surface area is 149 Å². The molecule has 0 saturated carbocycles. The molecule has 136 valence electrons. The van der Waals surface area contributed by atoms with E-state index in [9.17, 15) is 9.90 Å². The van der Waals surface area contributed by atoms with E-state index in [2.05, 4.69) is 10.5 Å². The van der Waals surface area contributed by atoms with Gasteiger partial charge in [-0.1, -0.05) is 17.3 Å². The minimum atomic E-state index is -0.698. The largest absolute Gasteiger partial charge is 0.390 e. The summed E-state index contributed by atoms with van der Waals surface area (Å²) in [5.74, 6) is 0.784. The number of nitrogens with one attached hydrogen (secondary N) is 1. The van der Waals surface area contributed by atoms with Gasteiger partial charge in [-0.15, -0.1) is 0 Å². The Morgan fingerprint density at radius 2 is 2.04 bits per heavy atom. The minimum Gasteiger partial charge on any atom is -0.390 e.